The Labute approximate surface area is 214 Å². The van der Waals surface area contributed by atoms with Gasteiger partial charge in [0.2, 0.25) is 0 Å². The first-order chi connectivity index (χ1) is 23.6. The molecule has 2 heterocycles. The van der Waals surface area contributed by atoms with Crippen molar-refractivity contribution < 1.29 is 51.9 Å². The molecule has 0 spiro atoms. The Morgan fingerprint density at radius 3 is 2.97 bits per heavy atom. The van der Waals surface area contributed by atoms with Gasteiger partial charge in [-0.25, -0.2) is 0 Å². The van der Waals surface area contributed by atoms with Crippen LogP contribution in [0.2, 0.25) is 0 Å². The van der Waals surface area contributed by atoms with E-state index >= 15 is 0 Å². The molecule has 6 heteroatoms. The van der Waals surface area contributed by atoms with Crippen LogP contribution in [0.3, 0.4) is 0 Å². The van der Waals surface area contributed by atoms with Gasteiger partial charge >= 0.3 is 5.97 Å². The summed E-state index contributed by atoms with van der Waals surface area (Å²) in [4.78, 5) is 14.3. The summed E-state index contributed by atoms with van der Waals surface area (Å²) in [5.74, 6) is -16.3. The highest BCUT2D eigenvalue weighted by molar-refractivity contribution is 5.76. The van der Waals surface area contributed by atoms with Gasteiger partial charge in [-0.2, -0.15) is 0 Å². The average molecular weight is 443 g/mol. The second-order valence-corrected chi connectivity index (χ2v) is 6.47. The van der Waals surface area contributed by atoms with Crippen molar-refractivity contribution in [3.05, 3.63) is 23.2 Å². The first kappa shape index (κ1) is 7.11. The number of hydrogen-bond donors (Lipinski definition) is 1. The SMILES string of the molecule is [2H]c1c2c(c([2H])c(OC)c1OC([2H])([2H])[2H])C1N(CC2)C([2H])([2H])C([2H])(C([2H])([2H])C([2H])(C)C([2H])([2H])[2H])C(OC(=O)[C@@]([2H])(N)C([2H])(C([2H])([2H])[2H])C([2H])([2H])[2H])C1([2H])[2H]. The molecule has 6 nitrogen and oxygen atoms in total. The molecule has 0 aromatic heterocycles. The lowest BCUT2D eigenvalue weighted by Gasteiger charge is -2.47. The van der Waals surface area contributed by atoms with E-state index in [0.717, 1.165) is 7.11 Å². The minimum atomic E-state index is -4.30. The van der Waals surface area contributed by atoms with Crippen LogP contribution in [0.4, 0.5) is 0 Å². The van der Waals surface area contributed by atoms with Gasteiger partial charge in [-0.15, -0.1) is 0 Å². The zero-order valence-electron chi connectivity index (χ0n) is 40.2. The summed E-state index contributed by atoms with van der Waals surface area (Å²) in [6.45, 7) is -16.2. The van der Waals surface area contributed by atoms with Crippen molar-refractivity contribution in [2.75, 3.05) is 27.2 Å². The number of benzene rings is 1. The average Bonchev–Trinajstić information content (AvgIpc) is 2.97. The van der Waals surface area contributed by atoms with Gasteiger partial charge in [-0.05, 0) is 47.8 Å². The third kappa shape index (κ3) is 4.75. The Morgan fingerprint density at radius 2 is 2.27 bits per heavy atom. The van der Waals surface area contributed by atoms with Gasteiger partial charge < -0.3 is 19.9 Å². The van der Waals surface area contributed by atoms with Crippen molar-refractivity contribution in [2.45, 2.75) is 64.8 Å². The molecule has 3 rings (SSSR count). The normalized spacial score (nSPS) is 48.0. The van der Waals surface area contributed by atoms with Crippen LogP contribution in [-0.2, 0) is 16.0 Å². The van der Waals surface area contributed by atoms with Crippen LogP contribution in [0.5, 0.6) is 11.5 Å². The number of nitrogens with two attached hydrogens (primary N) is 1. The molecule has 168 valence electrons. The second-order valence-electron chi connectivity index (χ2n) is 6.47. The third-order valence-corrected chi connectivity index (χ3v) is 4.41. The van der Waals surface area contributed by atoms with Crippen molar-refractivity contribution >= 4 is 5.97 Å². The summed E-state index contributed by atoms with van der Waals surface area (Å²) < 4.78 is 215. The Kier molecular flexibility index (Phi) is 2.27. The van der Waals surface area contributed by atoms with Gasteiger partial charge in [0.1, 0.15) is 12.1 Å². The van der Waals surface area contributed by atoms with E-state index in [4.69, 9.17) is 46.0 Å². The molecule has 2 aliphatic heterocycles. The molecule has 2 aliphatic rings. The Bertz CT molecular complexity index is 1630. The molecule has 2 N–H and O–H groups in total. The number of rotatable bonds is 7. The molecule has 4 unspecified atom stereocenters. The number of ether oxygens (including phenoxy) is 3. The van der Waals surface area contributed by atoms with Crippen LogP contribution in [0, 0.1) is 17.7 Å². The predicted octanol–water partition coefficient (Wildman–Crippen LogP) is 3.56. The Hall–Kier alpha value is -1.79. The summed E-state index contributed by atoms with van der Waals surface area (Å²) in [5, 5.41) is 0. The molecule has 1 aromatic carbocycles. The molecule has 0 saturated carbocycles. The number of carbonyl (C=O) groups is 1. The first-order valence-electron chi connectivity index (χ1n) is 20.8. The van der Waals surface area contributed by atoms with E-state index < -0.39 is 131 Å². The summed E-state index contributed by atoms with van der Waals surface area (Å²) in [6, 6.07) is -8.39. The van der Waals surface area contributed by atoms with Crippen molar-refractivity contribution in [1.82, 2.24) is 4.90 Å². The second kappa shape index (κ2) is 9.56. The number of fused-ring (bicyclic) bond motifs is 3. The topological polar surface area (TPSA) is 74.0 Å². The van der Waals surface area contributed by atoms with E-state index in [1.54, 1.807) is 0 Å². The fraction of sp³-hybridized carbons (Fsp3) is 0.708. The highest BCUT2D eigenvalue weighted by Gasteiger charge is 2.41. The summed E-state index contributed by atoms with van der Waals surface area (Å²) >= 11 is 0. The van der Waals surface area contributed by atoms with Crippen LogP contribution in [0.25, 0.3) is 0 Å². The number of methoxy groups -OCH3 is 2. The zero-order valence-corrected chi connectivity index (χ0v) is 16.2. The molecule has 0 radical (unpaired) electrons. The van der Waals surface area contributed by atoms with E-state index in [1.165, 1.54) is 0 Å². The lowest BCUT2D eigenvalue weighted by Crippen LogP contribution is -2.51. The lowest BCUT2D eigenvalue weighted by atomic mass is 9.79. The molecule has 0 bridgehead atoms. The maximum Gasteiger partial charge on any atom is 0.323 e. The molecule has 30 heavy (non-hydrogen) atoms. The summed E-state index contributed by atoms with van der Waals surface area (Å²) in [7, 11) is -2.30. The van der Waals surface area contributed by atoms with Gasteiger partial charge in [0, 0.05) is 56.0 Å². The van der Waals surface area contributed by atoms with E-state index in [0.29, 0.717) is 11.8 Å². The minimum Gasteiger partial charge on any atom is -0.493 e. The number of carbonyl (C=O) groups excluding carboxylic acids is 1. The molecule has 1 aromatic rings. The van der Waals surface area contributed by atoms with Gasteiger partial charge in [0.25, 0.3) is 0 Å². The van der Waals surface area contributed by atoms with Gasteiger partial charge in [-0.3, -0.25) is 9.69 Å². The predicted molar refractivity (Wildman–Crippen MR) is 118 cm³/mol. The van der Waals surface area contributed by atoms with Gasteiger partial charge in [-0.1, -0.05) is 27.5 Å². The quantitative estimate of drug-likeness (QED) is 0.651. The van der Waals surface area contributed by atoms with Crippen molar-refractivity contribution in [3.63, 3.8) is 0 Å². The van der Waals surface area contributed by atoms with E-state index in [1.807, 2.05) is 0 Å². The monoisotopic (exact) mass is 442 g/mol. The van der Waals surface area contributed by atoms with Crippen LogP contribution in [0.1, 0.15) is 90.3 Å². The maximum atomic E-state index is 13.9. The molecule has 0 amide bonds. The van der Waals surface area contributed by atoms with Gasteiger partial charge in [0.15, 0.2) is 11.5 Å². The lowest BCUT2D eigenvalue weighted by molar-refractivity contribution is -0.160. The highest BCUT2D eigenvalue weighted by atomic mass is 16.5. The maximum absolute atomic E-state index is 13.9. The van der Waals surface area contributed by atoms with Crippen molar-refractivity contribution in [3.8, 4) is 11.5 Å². The summed E-state index contributed by atoms with van der Waals surface area (Å²) in [5.41, 5.74) is 4.61. The number of nitrogens with zero attached hydrogens (tertiary/aromatic N) is 1. The van der Waals surface area contributed by atoms with Crippen LogP contribution in [0.15, 0.2) is 12.1 Å². The van der Waals surface area contributed by atoms with Crippen LogP contribution < -0.4 is 15.2 Å². The van der Waals surface area contributed by atoms with Crippen molar-refractivity contribution in [1.29, 1.82) is 0 Å². The standard InChI is InChI=1S/C24H38N2O4/c1-14(2)9-17-13-26-8-7-16-10-21(28-5)22(29-6)11-18(16)19(26)12-20(17)30-24(27)23(25)15(3)4/h10-11,14-15,17,19-20,23H,7-9,12-13,25H2,1-6H3/t17?,19?,20?,23-/m0/s1/i1D3,3D3,4D3,5D3,9D2,10D,11D,12D2,13D2,14D,15D,17D,23D/t14?,17?,19?,20?,23-. The zero-order chi connectivity index (χ0) is 42.8. The minimum absolute atomic E-state index is 0.358. The molecular weight excluding hydrogens is 380 g/mol. The largest absolute Gasteiger partial charge is 0.493 e. The van der Waals surface area contributed by atoms with Crippen LogP contribution >= 0.6 is 0 Å². The Morgan fingerprint density at radius 1 is 1.47 bits per heavy atom. The fourth-order valence-electron chi connectivity index (χ4n) is 3.07. The van der Waals surface area contributed by atoms with E-state index in [-0.39, 0.29) is 5.56 Å². The molecule has 0 aliphatic carbocycles. The van der Waals surface area contributed by atoms with E-state index in [2.05, 4.69) is 0 Å². The molecule has 1 fully saturated rings. The third-order valence-electron chi connectivity index (χ3n) is 4.41. The first-order valence-corrected chi connectivity index (χ1v) is 8.76. The number of piperidine rings is 1. The van der Waals surface area contributed by atoms with E-state index in [9.17, 15) is 11.6 Å². The smallest absolute Gasteiger partial charge is 0.323 e. The van der Waals surface area contributed by atoms with Crippen molar-refractivity contribution in [2.24, 2.45) is 23.4 Å². The molecule has 5 atom stereocenters. The fourth-order valence-corrected chi connectivity index (χ4v) is 3.07. The van der Waals surface area contributed by atoms with Crippen LogP contribution in [-0.4, -0.2) is 50.2 Å². The van der Waals surface area contributed by atoms with Gasteiger partial charge in [0.05, 0.1) is 22.4 Å². The number of esters is 1. The molecular formula is C24H38N2O4. The summed E-state index contributed by atoms with van der Waals surface area (Å²) in [6.07, 6.45) is -11.9. The highest BCUT2D eigenvalue weighted by Crippen LogP contribution is 2.44. The number of hydrogen-bond acceptors (Lipinski definition) is 6. The molecule has 1 saturated heterocycles. The Balaban J connectivity index is 2.54.